The number of rotatable bonds is 4. The number of hydrogen-bond acceptors (Lipinski definition) is 8. The van der Waals surface area contributed by atoms with Gasteiger partial charge in [0.1, 0.15) is 25.5 Å². The average Bonchev–Trinajstić information content (AvgIpc) is 2.97. The zero-order valence-corrected chi connectivity index (χ0v) is 12.7. The molecule has 0 radical (unpaired) electrons. The van der Waals surface area contributed by atoms with Crippen LogP contribution < -0.4 is 16.8 Å². The molecule has 1 fully saturated rings. The summed E-state index contributed by atoms with van der Waals surface area (Å²) >= 11 is 0. The lowest BCUT2D eigenvalue weighted by Crippen LogP contribution is -2.22. The van der Waals surface area contributed by atoms with Gasteiger partial charge >= 0.3 is 0 Å². The molecule has 1 aliphatic heterocycles. The van der Waals surface area contributed by atoms with Crippen LogP contribution in [-0.2, 0) is 20.6 Å². The molecule has 3 unspecified atom stereocenters. The number of imidazole rings is 1. The second kappa shape index (κ2) is 6.24. The smallest absolute Gasteiger partial charge is 0.166 e. The number of aromatic nitrogens is 4. The SMILES string of the molecule is Nc1ncnc2c1ncn2CC1COC(CP(=O)([O-])O)O1.[NH4+]. The Morgan fingerprint density at radius 3 is 3.00 bits per heavy atom. The molecule has 122 valence electrons. The number of quaternary nitrogens is 1. The molecular formula is C10H17N6O5P. The third-order valence-corrected chi connectivity index (χ3v) is 3.78. The van der Waals surface area contributed by atoms with Crippen molar-refractivity contribution in [3.05, 3.63) is 12.7 Å². The van der Waals surface area contributed by atoms with E-state index >= 15 is 0 Å². The molecule has 0 aliphatic carbocycles. The van der Waals surface area contributed by atoms with Gasteiger partial charge in [-0.1, -0.05) is 0 Å². The number of nitrogen functional groups attached to an aromatic ring is 1. The van der Waals surface area contributed by atoms with Gasteiger partial charge in [0.25, 0.3) is 0 Å². The van der Waals surface area contributed by atoms with Crippen LogP contribution >= 0.6 is 7.60 Å². The van der Waals surface area contributed by atoms with Crippen LogP contribution in [0.3, 0.4) is 0 Å². The van der Waals surface area contributed by atoms with Crippen molar-refractivity contribution < 1.29 is 23.8 Å². The molecule has 0 saturated carbocycles. The summed E-state index contributed by atoms with van der Waals surface area (Å²) in [5.41, 5.74) is 6.75. The predicted molar refractivity (Wildman–Crippen MR) is 75.0 cm³/mol. The van der Waals surface area contributed by atoms with Crippen LogP contribution in [0.15, 0.2) is 12.7 Å². The van der Waals surface area contributed by atoms with Gasteiger partial charge in [-0.15, -0.1) is 0 Å². The molecule has 1 aliphatic rings. The van der Waals surface area contributed by atoms with Gasteiger partial charge in [0.2, 0.25) is 0 Å². The van der Waals surface area contributed by atoms with E-state index in [1.807, 2.05) is 0 Å². The van der Waals surface area contributed by atoms with Crippen molar-refractivity contribution in [1.29, 1.82) is 0 Å². The van der Waals surface area contributed by atoms with Crippen molar-refractivity contribution in [2.75, 3.05) is 18.5 Å². The predicted octanol–water partition coefficient (Wildman–Crippen LogP) is -0.928. The van der Waals surface area contributed by atoms with Crippen molar-refractivity contribution in [3.63, 3.8) is 0 Å². The first-order valence-electron chi connectivity index (χ1n) is 6.13. The van der Waals surface area contributed by atoms with E-state index in [9.17, 15) is 9.46 Å². The summed E-state index contributed by atoms with van der Waals surface area (Å²) in [5.74, 6) is 0.285. The Kier molecular flexibility index (Phi) is 4.75. The first-order valence-corrected chi connectivity index (χ1v) is 7.90. The summed E-state index contributed by atoms with van der Waals surface area (Å²) in [6.45, 7) is 0.586. The second-order valence-electron chi connectivity index (χ2n) is 4.67. The van der Waals surface area contributed by atoms with Crippen molar-refractivity contribution >= 4 is 24.6 Å². The molecule has 22 heavy (non-hydrogen) atoms. The number of nitrogens with zero attached hydrogens (tertiary/aromatic N) is 4. The summed E-state index contributed by atoms with van der Waals surface area (Å²) in [7, 11) is -4.41. The van der Waals surface area contributed by atoms with Gasteiger partial charge in [0, 0.05) is 0 Å². The van der Waals surface area contributed by atoms with Crippen LogP contribution in [0.5, 0.6) is 0 Å². The van der Waals surface area contributed by atoms with Crippen molar-refractivity contribution in [1.82, 2.24) is 25.7 Å². The summed E-state index contributed by atoms with van der Waals surface area (Å²) in [4.78, 5) is 31.7. The van der Waals surface area contributed by atoms with E-state index in [1.54, 1.807) is 10.9 Å². The highest BCUT2D eigenvalue weighted by Gasteiger charge is 2.29. The molecule has 0 bridgehead atoms. The third-order valence-electron chi connectivity index (χ3n) is 3.02. The molecule has 0 aromatic carbocycles. The molecule has 2 aromatic heterocycles. The Morgan fingerprint density at radius 1 is 1.50 bits per heavy atom. The van der Waals surface area contributed by atoms with E-state index in [0.717, 1.165) is 0 Å². The standard InChI is InChI=1S/C10H14N5O5P.H3N/c11-9-8-10(13-4-12-9)15(5-14-8)1-6-2-19-7(20-6)3-21(16,17)18;/h4-7H,1-3H2,(H2,11,12,13)(H2,16,17,18);1H3. The van der Waals surface area contributed by atoms with Crippen LogP contribution in [0.25, 0.3) is 11.2 Å². The molecule has 12 heteroatoms. The van der Waals surface area contributed by atoms with E-state index in [1.165, 1.54) is 6.33 Å². The molecule has 3 rings (SSSR count). The lowest BCUT2D eigenvalue weighted by molar-refractivity contribution is -0.197. The fourth-order valence-corrected chi connectivity index (χ4v) is 2.71. The van der Waals surface area contributed by atoms with E-state index in [2.05, 4.69) is 15.0 Å². The van der Waals surface area contributed by atoms with E-state index < -0.39 is 20.0 Å². The van der Waals surface area contributed by atoms with Crippen LogP contribution in [0.4, 0.5) is 5.82 Å². The van der Waals surface area contributed by atoms with Crippen LogP contribution in [0.1, 0.15) is 0 Å². The first-order chi connectivity index (χ1) is 9.92. The van der Waals surface area contributed by atoms with E-state index in [-0.39, 0.29) is 24.7 Å². The van der Waals surface area contributed by atoms with Crippen LogP contribution in [0.2, 0.25) is 0 Å². The van der Waals surface area contributed by atoms with Gasteiger partial charge in [0.05, 0.1) is 25.6 Å². The van der Waals surface area contributed by atoms with Crippen molar-refractivity contribution in [2.45, 2.75) is 18.9 Å². The molecule has 2 aromatic rings. The molecule has 11 nitrogen and oxygen atoms in total. The zero-order chi connectivity index (χ0) is 15.0. The second-order valence-corrected chi connectivity index (χ2v) is 6.31. The Balaban J connectivity index is 0.00000176. The fraction of sp³-hybridized carbons (Fsp3) is 0.500. The Labute approximate surface area is 125 Å². The van der Waals surface area contributed by atoms with Gasteiger partial charge in [-0.25, -0.2) is 15.0 Å². The van der Waals surface area contributed by atoms with Gasteiger partial charge in [0.15, 0.2) is 17.8 Å². The number of ether oxygens (including phenoxy) is 2. The molecule has 1 saturated heterocycles. The zero-order valence-electron chi connectivity index (χ0n) is 11.8. The molecule has 0 amide bonds. The highest BCUT2D eigenvalue weighted by atomic mass is 31.2. The number of anilines is 1. The highest BCUT2D eigenvalue weighted by Crippen LogP contribution is 2.33. The van der Waals surface area contributed by atoms with Gasteiger partial charge in [-0.3, -0.25) is 0 Å². The lowest BCUT2D eigenvalue weighted by Gasteiger charge is -2.19. The molecule has 3 heterocycles. The monoisotopic (exact) mass is 332 g/mol. The maximum Gasteiger partial charge on any atom is 0.166 e. The largest absolute Gasteiger partial charge is 0.778 e. The number of nitrogens with two attached hydrogens (primary N) is 1. The van der Waals surface area contributed by atoms with E-state index in [4.69, 9.17) is 20.1 Å². The molecular weight excluding hydrogens is 315 g/mol. The number of hydrogen-bond donors (Lipinski definition) is 3. The quantitative estimate of drug-likeness (QED) is 0.595. The minimum absolute atomic E-state index is 0. The average molecular weight is 332 g/mol. The minimum Gasteiger partial charge on any atom is -0.778 e. The summed E-state index contributed by atoms with van der Waals surface area (Å²) in [6, 6.07) is 0. The third kappa shape index (κ3) is 3.58. The molecule has 3 atom stereocenters. The maximum atomic E-state index is 10.8. The minimum atomic E-state index is -4.41. The first kappa shape index (κ1) is 16.7. The number of fused-ring (bicyclic) bond motifs is 1. The highest BCUT2D eigenvalue weighted by molar-refractivity contribution is 7.50. The lowest BCUT2D eigenvalue weighted by atomic mass is 10.4. The Hall–Kier alpha value is -1.62. The van der Waals surface area contributed by atoms with Gasteiger partial charge in [-0.05, 0) is 0 Å². The van der Waals surface area contributed by atoms with Crippen LogP contribution in [0, 0.1) is 0 Å². The topological polar surface area (TPSA) is 185 Å². The molecule has 0 spiro atoms. The Morgan fingerprint density at radius 2 is 2.27 bits per heavy atom. The molecule has 7 N–H and O–H groups in total. The summed E-state index contributed by atoms with van der Waals surface area (Å²) in [5, 5.41) is 0. The fourth-order valence-electron chi connectivity index (χ4n) is 2.14. The van der Waals surface area contributed by atoms with Crippen LogP contribution in [-0.4, -0.2) is 49.6 Å². The van der Waals surface area contributed by atoms with Gasteiger partial charge < -0.3 is 40.3 Å². The normalized spacial score (nSPS) is 24.1. The van der Waals surface area contributed by atoms with Crippen molar-refractivity contribution in [2.24, 2.45) is 0 Å². The summed E-state index contributed by atoms with van der Waals surface area (Å²) < 4.78 is 23.1. The van der Waals surface area contributed by atoms with Gasteiger partial charge in [-0.2, -0.15) is 0 Å². The summed E-state index contributed by atoms with van der Waals surface area (Å²) in [6.07, 6.45) is 0.998. The van der Waals surface area contributed by atoms with E-state index in [0.29, 0.717) is 17.7 Å². The van der Waals surface area contributed by atoms with Crippen molar-refractivity contribution in [3.8, 4) is 0 Å². The maximum absolute atomic E-state index is 10.8. The Bertz CT molecular complexity index is 702.